The van der Waals surface area contributed by atoms with E-state index in [0.29, 0.717) is 31.5 Å². The molecule has 1 aliphatic carbocycles. The molecule has 1 aromatic heterocycles. The van der Waals surface area contributed by atoms with Crippen molar-refractivity contribution in [3.63, 3.8) is 0 Å². The lowest BCUT2D eigenvalue weighted by Gasteiger charge is -2.26. The lowest BCUT2D eigenvalue weighted by Crippen LogP contribution is -2.40. The summed E-state index contributed by atoms with van der Waals surface area (Å²) in [5, 5.41) is 0. The molecular weight excluding hydrogens is 292 g/mol. The van der Waals surface area contributed by atoms with Crippen LogP contribution in [0.5, 0.6) is 0 Å². The van der Waals surface area contributed by atoms with Crippen molar-refractivity contribution in [2.75, 3.05) is 13.1 Å². The summed E-state index contributed by atoms with van der Waals surface area (Å²) in [5.41, 5.74) is 0. The van der Waals surface area contributed by atoms with Crippen LogP contribution in [0.2, 0.25) is 0 Å². The number of carbonyl (C=O) groups excluding carboxylic acids is 2. The molecule has 1 saturated heterocycles. The third-order valence-electron chi connectivity index (χ3n) is 4.71. The van der Waals surface area contributed by atoms with Crippen molar-refractivity contribution < 1.29 is 14.0 Å². The van der Waals surface area contributed by atoms with Gasteiger partial charge in [-0.2, -0.15) is 0 Å². The van der Waals surface area contributed by atoms with Gasteiger partial charge in [-0.25, -0.2) is 0 Å². The van der Waals surface area contributed by atoms with Gasteiger partial charge in [-0.1, -0.05) is 13.8 Å². The Morgan fingerprint density at radius 3 is 2.83 bits per heavy atom. The normalized spacial score (nSPS) is 21.3. The molecule has 3 rings (SSSR count). The minimum absolute atomic E-state index is 0.0550. The van der Waals surface area contributed by atoms with Crippen LogP contribution in [0, 0.1) is 11.8 Å². The second-order valence-electron chi connectivity index (χ2n) is 7.20. The van der Waals surface area contributed by atoms with E-state index in [1.165, 1.54) is 0 Å². The zero-order valence-corrected chi connectivity index (χ0v) is 14.0. The number of amides is 2. The van der Waals surface area contributed by atoms with E-state index in [4.69, 9.17) is 4.42 Å². The number of hydrogen-bond acceptors (Lipinski definition) is 3. The van der Waals surface area contributed by atoms with Crippen molar-refractivity contribution >= 4 is 11.8 Å². The summed E-state index contributed by atoms with van der Waals surface area (Å²) in [6, 6.07) is 4.09. The predicted octanol–water partition coefficient (Wildman–Crippen LogP) is 2.67. The van der Waals surface area contributed by atoms with E-state index in [1.807, 2.05) is 17.0 Å². The molecule has 0 N–H and O–H groups in total. The Hall–Kier alpha value is -1.78. The van der Waals surface area contributed by atoms with Crippen LogP contribution in [0.25, 0.3) is 0 Å². The zero-order chi connectivity index (χ0) is 16.4. The number of rotatable bonds is 7. The van der Waals surface area contributed by atoms with Crippen molar-refractivity contribution in [1.82, 2.24) is 9.80 Å². The molecule has 2 amide bonds. The topological polar surface area (TPSA) is 53.8 Å². The first-order valence-corrected chi connectivity index (χ1v) is 8.65. The van der Waals surface area contributed by atoms with Crippen LogP contribution >= 0.6 is 0 Å². The Balaban J connectivity index is 1.59. The van der Waals surface area contributed by atoms with Gasteiger partial charge in [0, 0.05) is 25.6 Å². The maximum atomic E-state index is 12.9. The number of hydrogen-bond donors (Lipinski definition) is 0. The van der Waals surface area contributed by atoms with Gasteiger partial charge in [0.1, 0.15) is 5.76 Å². The average Bonchev–Trinajstić information content (AvgIpc) is 3.08. The van der Waals surface area contributed by atoms with Crippen LogP contribution in [0.1, 0.15) is 45.3 Å². The third-order valence-corrected chi connectivity index (χ3v) is 4.71. The molecule has 2 aliphatic rings. The molecule has 1 aromatic rings. The van der Waals surface area contributed by atoms with Crippen LogP contribution in [0.15, 0.2) is 22.8 Å². The van der Waals surface area contributed by atoms with E-state index in [-0.39, 0.29) is 17.7 Å². The summed E-state index contributed by atoms with van der Waals surface area (Å²) in [5.74, 6) is 1.39. The minimum Gasteiger partial charge on any atom is -0.467 e. The average molecular weight is 318 g/mol. The SMILES string of the molecule is CC(C)CCN(C(=O)C1CC(=O)N(Cc2ccco2)C1)C1CC1. The number of furan rings is 1. The quantitative estimate of drug-likeness (QED) is 0.776. The molecule has 1 unspecified atom stereocenters. The van der Waals surface area contributed by atoms with Crippen molar-refractivity contribution in [2.24, 2.45) is 11.8 Å². The van der Waals surface area contributed by atoms with Gasteiger partial charge in [0.2, 0.25) is 11.8 Å². The van der Waals surface area contributed by atoms with Gasteiger partial charge in [0.05, 0.1) is 18.7 Å². The fraction of sp³-hybridized carbons (Fsp3) is 0.667. The van der Waals surface area contributed by atoms with E-state index < -0.39 is 0 Å². The lowest BCUT2D eigenvalue weighted by atomic mass is 10.1. The smallest absolute Gasteiger partial charge is 0.228 e. The largest absolute Gasteiger partial charge is 0.467 e. The Labute approximate surface area is 137 Å². The van der Waals surface area contributed by atoms with Gasteiger partial charge in [0.25, 0.3) is 0 Å². The molecule has 0 spiro atoms. The molecule has 1 saturated carbocycles. The number of carbonyl (C=O) groups is 2. The predicted molar refractivity (Wildman–Crippen MR) is 86.4 cm³/mol. The summed E-state index contributed by atoms with van der Waals surface area (Å²) in [6.45, 7) is 6.16. The molecule has 2 heterocycles. The lowest BCUT2D eigenvalue weighted by molar-refractivity contribution is -0.136. The van der Waals surface area contributed by atoms with Crippen molar-refractivity contribution in [3.8, 4) is 0 Å². The Bertz CT molecular complexity index is 549. The summed E-state index contributed by atoms with van der Waals surface area (Å²) in [4.78, 5) is 28.8. The van der Waals surface area contributed by atoms with Gasteiger partial charge in [0.15, 0.2) is 0 Å². The standard InChI is InChI=1S/C18H26N2O3/c1-13(2)7-8-20(15-5-6-15)18(22)14-10-17(21)19(11-14)12-16-4-3-9-23-16/h3-4,9,13-15H,5-8,10-12H2,1-2H3. The fourth-order valence-corrected chi connectivity index (χ4v) is 3.17. The first-order chi connectivity index (χ1) is 11.0. The molecule has 5 nitrogen and oxygen atoms in total. The number of likely N-dealkylation sites (tertiary alicyclic amines) is 1. The van der Waals surface area contributed by atoms with Gasteiger partial charge >= 0.3 is 0 Å². The summed E-state index contributed by atoms with van der Waals surface area (Å²) in [6.07, 6.45) is 5.20. The van der Waals surface area contributed by atoms with Crippen LogP contribution < -0.4 is 0 Å². The van der Waals surface area contributed by atoms with E-state index in [1.54, 1.807) is 11.2 Å². The third kappa shape index (κ3) is 3.95. The Morgan fingerprint density at radius 2 is 2.22 bits per heavy atom. The van der Waals surface area contributed by atoms with Gasteiger partial charge < -0.3 is 14.2 Å². The highest BCUT2D eigenvalue weighted by atomic mass is 16.3. The molecule has 126 valence electrons. The maximum Gasteiger partial charge on any atom is 0.228 e. The fourth-order valence-electron chi connectivity index (χ4n) is 3.17. The van der Waals surface area contributed by atoms with Gasteiger partial charge in [-0.05, 0) is 37.3 Å². The summed E-state index contributed by atoms with van der Waals surface area (Å²) in [7, 11) is 0. The highest BCUT2D eigenvalue weighted by molar-refractivity contribution is 5.89. The maximum absolute atomic E-state index is 12.9. The molecule has 1 aliphatic heterocycles. The van der Waals surface area contributed by atoms with Crippen molar-refractivity contribution in [2.45, 2.75) is 52.1 Å². The minimum atomic E-state index is -0.190. The monoisotopic (exact) mass is 318 g/mol. The second-order valence-corrected chi connectivity index (χ2v) is 7.20. The van der Waals surface area contributed by atoms with Crippen LogP contribution in [-0.4, -0.2) is 40.7 Å². The Morgan fingerprint density at radius 1 is 1.43 bits per heavy atom. The van der Waals surface area contributed by atoms with Gasteiger partial charge in [-0.15, -0.1) is 0 Å². The van der Waals surface area contributed by atoms with Crippen molar-refractivity contribution in [3.05, 3.63) is 24.2 Å². The molecule has 1 atom stereocenters. The van der Waals surface area contributed by atoms with Crippen molar-refractivity contribution in [1.29, 1.82) is 0 Å². The number of nitrogens with zero attached hydrogens (tertiary/aromatic N) is 2. The molecule has 0 aromatic carbocycles. The highest BCUT2D eigenvalue weighted by Crippen LogP contribution is 2.31. The zero-order valence-electron chi connectivity index (χ0n) is 14.0. The van der Waals surface area contributed by atoms with E-state index in [9.17, 15) is 9.59 Å². The highest BCUT2D eigenvalue weighted by Gasteiger charge is 2.40. The Kier molecular flexibility index (Phi) is 4.74. The molecule has 0 radical (unpaired) electrons. The molecule has 2 fully saturated rings. The van der Waals surface area contributed by atoms with E-state index >= 15 is 0 Å². The first-order valence-electron chi connectivity index (χ1n) is 8.65. The molecular formula is C18H26N2O3. The van der Waals surface area contributed by atoms with E-state index in [2.05, 4.69) is 13.8 Å². The molecule has 5 heteroatoms. The van der Waals surface area contributed by atoms with Crippen LogP contribution in [0.4, 0.5) is 0 Å². The van der Waals surface area contributed by atoms with Crippen LogP contribution in [-0.2, 0) is 16.1 Å². The molecule has 23 heavy (non-hydrogen) atoms. The van der Waals surface area contributed by atoms with Gasteiger partial charge in [-0.3, -0.25) is 9.59 Å². The first kappa shape index (κ1) is 16.1. The summed E-state index contributed by atoms with van der Waals surface area (Å²) >= 11 is 0. The summed E-state index contributed by atoms with van der Waals surface area (Å²) < 4.78 is 5.31. The molecule has 0 bridgehead atoms. The second kappa shape index (κ2) is 6.77. The van der Waals surface area contributed by atoms with E-state index in [0.717, 1.165) is 31.6 Å². The van der Waals surface area contributed by atoms with Crippen LogP contribution in [0.3, 0.4) is 0 Å².